The molecule has 2 aromatic rings. The van der Waals surface area contributed by atoms with Gasteiger partial charge in [0.05, 0.1) is 5.69 Å². The van der Waals surface area contributed by atoms with Gasteiger partial charge in [-0.3, -0.25) is 0 Å². The third-order valence-corrected chi connectivity index (χ3v) is 2.56. The van der Waals surface area contributed by atoms with E-state index in [2.05, 4.69) is 10.5 Å². The van der Waals surface area contributed by atoms with Gasteiger partial charge in [-0.15, -0.1) is 0 Å². The van der Waals surface area contributed by atoms with Crippen LogP contribution >= 0.6 is 0 Å². The Kier molecular flexibility index (Phi) is 4.68. The van der Waals surface area contributed by atoms with Crippen molar-refractivity contribution in [1.82, 2.24) is 10.5 Å². The second-order valence-corrected chi connectivity index (χ2v) is 4.68. The minimum absolute atomic E-state index is 0.00491. The van der Waals surface area contributed by atoms with Gasteiger partial charge in [0.25, 0.3) is 0 Å². The van der Waals surface area contributed by atoms with Gasteiger partial charge in [0.1, 0.15) is 12.4 Å². The zero-order chi connectivity index (χ0) is 14.5. The number of hydrogen-bond donors (Lipinski definition) is 1. The van der Waals surface area contributed by atoms with Gasteiger partial charge >= 0.3 is 0 Å². The monoisotopic (exact) mass is 282 g/mol. The van der Waals surface area contributed by atoms with Crippen LogP contribution < -0.4 is 10.1 Å². The first-order valence-corrected chi connectivity index (χ1v) is 6.30. The van der Waals surface area contributed by atoms with Crippen molar-refractivity contribution in [2.24, 2.45) is 0 Å². The molecule has 0 spiro atoms. The second-order valence-electron chi connectivity index (χ2n) is 4.68. The Bertz CT molecular complexity index is 570. The van der Waals surface area contributed by atoms with Gasteiger partial charge in [0.2, 0.25) is 0 Å². The number of rotatable bonds is 6. The van der Waals surface area contributed by atoms with E-state index >= 15 is 0 Å². The van der Waals surface area contributed by atoms with E-state index in [1.54, 1.807) is 6.07 Å². The van der Waals surface area contributed by atoms with Crippen LogP contribution in [0.15, 0.2) is 28.8 Å². The Labute approximate surface area is 115 Å². The van der Waals surface area contributed by atoms with E-state index in [1.165, 1.54) is 0 Å². The largest absolute Gasteiger partial charge is 0.482 e. The maximum atomic E-state index is 13.3. The van der Waals surface area contributed by atoms with Crippen molar-refractivity contribution in [3.05, 3.63) is 47.4 Å². The highest BCUT2D eigenvalue weighted by Crippen LogP contribution is 2.19. The summed E-state index contributed by atoms with van der Waals surface area (Å²) in [7, 11) is 0. The van der Waals surface area contributed by atoms with Crippen LogP contribution in [0.4, 0.5) is 8.78 Å². The molecule has 20 heavy (non-hydrogen) atoms. The lowest BCUT2D eigenvalue weighted by Gasteiger charge is -2.04. The number of hydrogen-bond acceptors (Lipinski definition) is 4. The fourth-order valence-electron chi connectivity index (χ4n) is 1.55. The normalized spacial score (nSPS) is 11.1. The van der Waals surface area contributed by atoms with Gasteiger partial charge in [-0.25, -0.2) is 8.78 Å². The summed E-state index contributed by atoms with van der Waals surface area (Å²) in [6.45, 7) is 4.62. The molecule has 0 unspecified atom stereocenters. The van der Waals surface area contributed by atoms with Crippen LogP contribution in [-0.4, -0.2) is 11.2 Å². The molecule has 0 radical (unpaired) electrons. The predicted octanol–water partition coefficient (Wildman–Crippen LogP) is 3.03. The van der Waals surface area contributed by atoms with E-state index in [4.69, 9.17) is 9.26 Å². The minimum atomic E-state index is -0.618. The summed E-state index contributed by atoms with van der Waals surface area (Å²) in [6.07, 6.45) is 0. The maximum Gasteiger partial charge on any atom is 0.174 e. The summed E-state index contributed by atoms with van der Waals surface area (Å²) in [6, 6.07) is 5.10. The molecule has 1 N–H and O–H groups in total. The number of halogens is 2. The molecule has 0 aliphatic heterocycles. The molecular weight excluding hydrogens is 266 g/mol. The summed E-state index contributed by atoms with van der Waals surface area (Å²) in [5.74, 6) is -0.870. The molecule has 4 nitrogen and oxygen atoms in total. The van der Waals surface area contributed by atoms with E-state index in [9.17, 15) is 8.78 Å². The predicted molar refractivity (Wildman–Crippen MR) is 69.2 cm³/mol. The Morgan fingerprint density at radius 1 is 1.30 bits per heavy atom. The summed E-state index contributed by atoms with van der Waals surface area (Å²) in [4.78, 5) is 0. The van der Waals surface area contributed by atoms with Crippen LogP contribution in [0.1, 0.15) is 25.3 Å². The fraction of sp³-hybridized carbons (Fsp3) is 0.357. The molecule has 0 fully saturated rings. The van der Waals surface area contributed by atoms with Crippen molar-refractivity contribution >= 4 is 0 Å². The molecule has 1 aromatic heterocycles. The molecule has 0 saturated heterocycles. The molecule has 1 aromatic carbocycles. The van der Waals surface area contributed by atoms with E-state index in [0.717, 1.165) is 23.9 Å². The van der Waals surface area contributed by atoms with Crippen molar-refractivity contribution < 1.29 is 18.0 Å². The molecule has 0 aliphatic rings. The van der Waals surface area contributed by atoms with E-state index in [1.807, 2.05) is 13.8 Å². The Morgan fingerprint density at radius 2 is 2.10 bits per heavy atom. The van der Waals surface area contributed by atoms with Crippen LogP contribution in [0.25, 0.3) is 0 Å². The van der Waals surface area contributed by atoms with E-state index in [0.29, 0.717) is 18.3 Å². The Morgan fingerprint density at radius 3 is 2.85 bits per heavy atom. The topological polar surface area (TPSA) is 47.3 Å². The summed E-state index contributed by atoms with van der Waals surface area (Å²) in [5.41, 5.74) is 0.733. The van der Waals surface area contributed by atoms with Crippen LogP contribution in [0.3, 0.4) is 0 Å². The molecule has 6 heteroatoms. The van der Waals surface area contributed by atoms with Crippen molar-refractivity contribution in [3.8, 4) is 5.75 Å². The number of nitrogens with zero attached hydrogens (tertiary/aromatic N) is 1. The third kappa shape index (κ3) is 4.03. The van der Waals surface area contributed by atoms with E-state index < -0.39 is 11.6 Å². The quantitative estimate of drug-likeness (QED) is 0.884. The highest BCUT2D eigenvalue weighted by atomic mass is 19.1. The smallest absolute Gasteiger partial charge is 0.174 e. The zero-order valence-electron chi connectivity index (χ0n) is 11.3. The molecule has 108 valence electrons. The Hall–Kier alpha value is -1.95. The van der Waals surface area contributed by atoms with Gasteiger partial charge < -0.3 is 14.6 Å². The minimum Gasteiger partial charge on any atom is -0.482 e. The molecule has 2 rings (SSSR count). The summed E-state index contributed by atoms with van der Waals surface area (Å²) in [5, 5.41) is 7.05. The average Bonchev–Trinajstić information content (AvgIpc) is 2.85. The lowest BCUT2D eigenvalue weighted by molar-refractivity contribution is 0.238. The zero-order valence-corrected chi connectivity index (χ0v) is 11.3. The van der Waals surface area contributed by atoms with Crippen molar-refractivity contribution in [2.75, 3.05) is 0 Å². The highest BCUT2D eigenvalue weighted by Gasteiger charge is 2.09. The molecule has 0 bridgehead atoms. The average molecular weight is 282 g/mol. The van der Waals surface area contributed by atoms with Gasteiger partial charge in [0.15, 0.2) is 17.3 Å². The molecule has 0 saturated carbocycles. The van der Waals surface area contributed by atoms with Crippen molar-refractivity contribution in [1.29, 1.82) is 0 Å². The Balaban J connectivity index is 1.92. The number of nitrogens with one attached hydrogen (secondary N) is 1. The SMILES string of the molecule is CC(C)NCc1cc(COc2cc(F)ccc2F)on1. The molecular formula is C14H16F2N2O2. The number of benzene rings is 1. The lowest BCUT2D eigenvalue weighted by atomic mass is 10.3. The van der Waals surface area contributed by atoms with Gasteiger partial charge in [-0.2, -0.15) is 0 Å². The summed E-state index contributed by atoms with van der Waals surface area (Å²) >= 11 is 0. The molecule has 0 amide bonds. The first-order chi connectivity index (χ1) is 9.54. The third-order valence-electron chi connectivity index (χ3n) is 2.56. The first kappa shape index (κ1) is 14.5. The second kappa shape index (κ2) is 6.47. The van der Waals surface area contributed by atoms with Gasteiger partial charge in [-0.1, -0.05) is 19.0 Å². The molecule has 0 atom stereocenters. The van der Waals surface area contributed by atoms with E-state index in [-0.39, 0.29) is 12.4 Å². The van der Waals surface area contributed by atoms with Crippen LogP contribution in [0, 0.1) is 11.6 Å². The standard InChI is InChI=1S/C14H16F2N2O2/c1-9(2)17-7-11-6-12(20-18-11)8-19-14-5-10(15)3-4-13(14)16/h3-6,9,17H,7-8H2,1-2H3. The number of aromatic nitrogens is 1. The van der Waals surface area contributed by atoms with Crippen LogP contribution in [-0.2, 0) is 13.2 Å². The van der Waals surface area contributed by atoms with Gasteiger partial charge in [0, 0.05) is 24.7 Å². The van der Waals surface area contributed by atoms with Gasteiger partial charge in [-0.05, 0) is 12.1 Å². The first-order valence-electron chi connectivity index (χ1n) is 6.30. The highest BCUT2D eigenvalue weighted by molar-refractivity contribution is 5.25. The summed E-state index contributed by atoms with van der Waals surface area (Å²) < 4.78 is 36.5. The lowest BCUT2D eigenvalue weighted by Crippen LogP contribution is -2.21. The fourth-order valence-corrected chi connectivity index (χ4v) is 1.55. The van der Waals surface area contributed by atoms with Crippen LogP contribution in [0.5, 0.6) is 5.75 Å². The number of ether oxygens (including phenoxy) is 1. The molecule has 0 aliphatic carbocycles. The molecule has 1 heterocycles. The van der Waals surface area contributed by atoms with Crippen LogP contribution in [0.2, 0.25) is 0 Å². The van der Waals surface area contributed by atoms with Crippen molar-refractivity contribution in [2.45, 2.75) is 33.0 Å². The maximum absolute atomic E-state index is 13.3. The van der Waals surface area contributed by atoms with Crippen molar-refractivity contribution in [3.63, 3.8) is 0 Å².